The third kappa shape index (κ3) is 2.58. The first-order chi connectivity index (χ1) is 3.55. The van der Waals surface area contributed by atoms with Crippen molar-refractivity contribution in [2.45, 2.75) is 31.9 Å². The molecule has 0 aromatic rings. The van der Waals surface area contributed by atoms with Crippen molar-refractivity contribution in [2.24, 2.45) is 0 Å². The lowest BCUT2D eigenvalue weighted by atomic mass is 9.58. The second kappa shape index (κ2) is 3.36. The van der Waals surface area contributed by atoms with Crippen LogP contribution in [0, 0.1) is 0 Å². The first-order valence-corrected chi connectivity index (χ1v) is 3.31. The maximum Gasteiger partial charge on any atom is 0.290 e. The van der Waals surface area contributed by atoms with Gasteiger partial charge >= 0.3 is 0 Å². The predicted molar refractivity (Wildman–Crippen MR) is 38.6 cm³/mol. The van der Waals surface area contributed by atoms with E-state index in [-0.39, 0.29) is 18.1 Å². The van der Waals surface area contributed by atoms with E-state index < -0.39 is 0 Å². The minimum absolute atomic E-state index is 0.0648. The van der Waals surface area contributed by atoms with Crippen LogP contribution in [0.1, 0.15) is 13.8 Å². The second-order valence-corrected chi connectivity index (χ2v) is 2.97. The van der Waals surface area contributed by atoms with Crippen molar-refractivity contribution in [1.82, 2.24) is 0 Å². The number of alkyl halides is 1. The highest BCUT2D eigenvalue weighted by molar-refractivity contribution is 6.52. The zero-order chi connectivity index (χ0) is 6.73. The number of hydrogen-bond donors (Lipinski definition) is 1. The fraction of sp³-hybridized carbons (Fsp3) is 1.00. The van der Waals surface area contributed by atoms with Crippen LogP contribution in [0.15, 0.2) is 0 Å². The summed E-state index contributed by atoms with van der Waals surface area (Å²) in [7, 11) is 0. The van der Waals surface area contributed by atoms with Gasteiger partial charge in [-0.2, -0.15) is 0 Å². The molecule has 8 heavy (non-hydrogen) atoms. The minimum Gasteiger partial charge on any atom is -0.450 e. The van der Waals surface area contributed by atoms with E-state index >= 15 is 0 Å². The minimum atomic E-state index is -0.289. The molecule has 0 aliphatic rings. The predicted octanol–water partition coefficient (Wildman–Crippen LogP) is 1.62. The number of halogens is 1. The van der Waals surface area contributed by atoms with Crippen LogP contribution in [0.3, 0.4) is 0 Å². The molecule has 0 aromatic carbocycles. The Hall–Kier alpha value is 0.315. The molecule has 0 saturated heterocycles. The number of hydrogen-bond acceptors (Lipinski definition) is 1. The van der Waals surface area contributed by atoms with Gasteiger partial charge in [0.2, 0.25) is 0 Å². The largest absolute Gasteiger partial charge is 0.450 e. The summed E-state index contributed by atoms with van der Waals surface area (Å²) in [6, 6.07) is 0. The quantitative estimate of drug-likeness (QED) is 0.449. The molecule has 0 spiro atoms. The molecule has 0 aliphatic heterocycles. The summed E-state index contributed by atoms with van der Waals surface area (Å²) < 4.78 is 0. The monoisotopic (exact) mass is 134 g/mol. The highest BCUT2D eigenvalue weighted by Gasteiger charge is 2.17. The number of rotatable bonds is 2. The molecule has 0 aromatic heterocycles. The van der Waals surface area contributed by atoms with Crippen molar-refractivity contribution < 1.29 is 5.02 Å². The molecule has 0 aliphatic carbocycles. The Balaban J connectivity index is 3.46. The average molecular weight is 134 g/mol. The van der Waals surface area contributed by atoms with Gasteiger partial charge in [-0.05, 0) is 12.7 Å². The third-order valence-corrected chi connectivity index (χ3v) is 1.88. The average Bonchev–Trinajstić information content (AvgIpc) is 1.64. The van der Waals surface area contributed by atoms with Crippen LogP contribution < -0.4 is 0 Å². The Morgan fingerprint density at radius 1 is 1.50 bits per heavy atom. The molecule has 1 unspecified atom stereocenters. The van der Waals surface area contributed by atoms with E-state index in [1.165, 1.54) is 0 Å². The van der Waals surface area contributed by atoms with Crippen LogP contribution in [0.5, 0.6) is 0 Å². The first-order valence-electron chi connectivity index (χ1n) is 2.88. The maximum atomic E-state index is 8.91. The molecule has 0 saturated carbocycles. The molecule has 1 N–H and O–H groups in total. The zero-order valence-corrected chi connectivity index (χ0v) is 6.31. The summed E-state index contributed by atoms with van der Waals surface area (Å²) in [5, 5.41) is 8.97. The van der Waals surface area contributed by atoms with Gasteiger partial charge in [-0.3, -0.25) is 0 Å². The van der Waals surface area contributed by atoms with E-state index in [4.69, 9.17) is 16.6 Å². The van der Waals surface area contributed by atoms with E-state index in [9.17, 15) is 0 Å². The van der Waals surface area contributed by atoms with Crippen molar-refractivity contribution in [1.29, 1.82) is 0 Å². The molecule has 0 amide bonds. The molecule has 1 nitrogen and oxygen atoms in total. The highest BCUT2D eigenvalue weighted by Crippen LogP contribution is 2.17. The Kier molecular flexibility index (Phi) is 3.49. The van der Waals surface area contributed by atoms with Gasteiger partial charge in [-0.1, -0.05) is 13.7 Å². The van der Waals surface area contributed by atoms with Crippen LogP contribution in [0.25, 0.3) is 0 Å². The maximum absolute atomic E-state index is 8.91. The van der Waals surface area contributed by atoms with Crippen molar-refractivity contribution in [3.05, 3.63) is 0 Å². The van der Waals surface area contributed by atoms with Gasteiger partial charge < -0.3 is 5.02 Å². The molecule has 0 fully saturated rings. The van der Waals surface area contributed by atoms with Gasteiger partial charge in [0.05, 0.1) is 0 Å². The molecular formula is C5H12BClO. The van der Waals surface area contributed by atoms with Gasteiger partial charge in [-0.25, -0.2) is 0 Å². The van der Waals surface area contributed by atoms with Gasteiger partial charge in [0.25, 0.3) is 6.92 Å². The molecule has 0 radical (unpaired) electrons. The van der Waals surface area contributed by atoms with E-state index in [0.29, 0.717) is 0 Å². The second-order valence-electron chi connectivity index (χ2n) is 2.28. The van der Waals surface area contributed by atoms with Crippen LogP contribution >= 0.6 is 11.6 Å². The molecule has 48 valence electrons. The molecule has 0 rings (SSSR count). The third-order valence-electron chi connectivity index (χ3n) is 1.49. The van der Waals surface area contributed by atoms with Crippen LogP contribution in [0.2, 0.25) is 12.6 Å². The van der Waals surface area contributed by atoms with E-state index in [1.54, 1.807) is 6.82 Å². The van der Waals surface area contributed by atoms with Gasteiger partial charge in [0, 0.05) is 5.38 Å². The van der Waals surface area contributed by atoms with Gasteiger partial charge in [-0.15, -0.1) is 11.6 Å². The van der Waals surface area contributed by atoms with E-state index in [0.717, 1.165) is 0 Å². The summed E-state index contributed by atoms with van der Waals surface area (Å²) in [5.41, 5.74) is 0. The molecule has 0 heterocycles. The molecule has 0 bridgehead atoms. The summed E-state index contributed by atoms with van der Waals surface area (Å²) >= 11 is 5.66. The lowest BCUT2D eigenvalue weighted by molar-refractivity contribution is 0.553. The van der Waals surface area contributed by atoms with Crippen molar-refractivity contribution in [3.63, 3.8) is 0 Å². The standard InChI is InChI=1S/C5H12BClO/c1-4(5(2)7)6(3)8/h4-5,8H,1-3H3/t4?,5-/m0/s1. The summed E-state index contributed by atoms with van der Waals surface area (Å²) in [6.07, 6.45) is 0. The summed E-state index contributed by atoms with van der Waals surface area (Å²) in [4.78, 5) is 0. The Labute approximate surface area is 56.2 Å². The fourth-order valence-corrected chi connectivity index (χ4v) is 0.594. The smallest absolute Gasteiger partial charge is 0.290 e. The molecule has 2 atom stereocenters. The Morgan fingerprint density at radius 3 is 1.88 bits per heavy atom. The Bertz CT molecular complexity index is 57.4. The van der Waals surface area contributed by atoms with E-state index in [1.807, 2.05) is 13.8 Å². The first kappa shape index (κ1) is 8.31. The van der Waals surface area contributed by atoms with Crippen molar-refractivity contribution in [2.75, 3.05) is 0 Å². The SMILES string of the molecule is CB(O)C(C)[C@H](C)Cl. The molecular weight excluding hydrogens is 122 g/mol. The fourth-order valence-electron chi connectivity index (χ4n) is 0.384. The Morgan fingerprint density at radius 2 is 1.88 bits per heavy atom. The molecule has 3 heteroatoms. The van der Waals surface area contributed by atoms with E-state index in [2.05, 4.69) is 0 Å². The van der Waals surface area contributed by atoms with Crippen LogP contribution in [-0.2, 0) is 0 Å². The lowest BCUT2D eigenvalue weighted by Gasteiger charge is -2.12. The normalized spacial score (nSPS) is 17.6. The van der Waals surface area contributed by atoms with Crippen LogP contribution in [0.4, 0.5) is 0 Å². The van der Waals surface area contributed by atoms with Gasteiger partial charge in [0.1, 0.15) is 0 Å². The van der Waals surface area contributed by atoms with Crippen molar-refractivity contribution >= 4 is 18.5 Å². The lowest BCUT2D eigenvalue weighted by Crippen LogP contribution is -2.19. The van der Waals surface area contributed by atoms with Gasteiger partial charge in [0.15, 0.2) is 0 Å². The van der Waals surface area contributed by atoms with Crippen molar-refractivity contribution in [3.8, 4) is 0 Å². The summed E-state index contributed by atoms with van der Waals surface area (Å²) in [6.45, 7) is 5.28. The summed E-state index contributed by atoms with van der Waals surface area (Å²) in [5.74, 6) is 0.191. The topological polar surface area (TPSA) is 20.2 Å². The zero-order valence-electron chi connectivity index (χ0n) is 5.56. The van der Waals surface area contributed by atoms with Crippen LogP contribution in [-0.4, -0.2) is 17.3 Å². The highest BCUT2D eigenvalue weighted by atomic mass is 35.5.